The van der Waals surface area contributed by atoms with Gasteiger partial charge in [0.05, 0.1) is 11.7 Å². The smallest absolute Gasteiger partial charge is 0.346 e. The topological polar surface area (TPSA) is 50.7 Å². The molecule has 1 N–H and O–H groups in total. The molecule has 7 heteroatoms. The number of pyridine rings is 1. The molecule has 0 aromatic carbocycles. The molecule has 1 unspecified atom stereocenters. The van der Waals surface area contributed by atoms with Gasteiger partial charge in [-0.05, 0) is 37.0 Å². The summed E-state index contributed by atoms with van der Waals surface area (Å²) in [7, 11) is 0. The molecule has 0 amide bonds. The van der Waals surface area contributed by atoms with Crippen LogP contribution in [0.25, 0.3) is 0 Å². The first-order valence-corrected chi connectivity index (χ1v) is 7.10. The molecule has 1 aliphatic carbocycles. The van der Waals surface area contributed by atoms with Crippen LogP contribution >= 0.6 is 0 Å². The lowest BCUT2D eigenvalue weighted by Crippen LogP contribution is -2.13. The number of hydrogen-bond donors (Lipinski definition) is 1. The number of nitrogens with zero attached hydrogens (tertiary/aromatic N) is 3. The average Bonchev–Trinajstić information content (AvgIpc) is 2.88. The van der Waals surface area contributed by atoms with Crippen LogP contribution in [0.5, 0.6) is 0 Å². The lowest BCUT2D eigenvalue weighted by molar-refractivity contribution is -0.134. The van der Waals surface area contributed by atoms with E-state index in [2.05, 4.69) is 20.3 Å². The van der Waals surface area contributed by atoms with Gasteiger partial charge in [-0.15, -0.1) is 0 Å². The molecule has 1 atom stereocenters. The van der Waals surface area contributed by atoms with Gasteiger partial charge in [-0.2, -0.15) is 13.2 Å². The van der Waals surface area contributed by atoms with E-state index in [9.17, 15) is 13.2 Å². The van der Waals surface area contributed by atoms with Gasteiger partial charge in [0.25, 0.3) is 0 Å². The molecule has 0 spiro atoms. The monoisotopic (exact) mass is 308 g/mol. The third-order valence-electron chi connectivity index (χ3n) is 3.64. The van der Waals surface area contributed by atoms with Crippen molar-refractivity contribution in [2.45, 2.75) is 37.9 Å². The first-order chi connectivity index (χ1) is 10.5. The van der Waals surface area contributed by atoms with Crippen molar-refractivity contribution in [3.05, 3.63) is 47.5 Å². The van der Waals surface area contributed by atoms with Crippen LogP contribution in [0.15, 0.2) is 30.6 Å². The molecule has 22 heavy (non-hydrogen) atoms. The Labute approximate surface area is 125 Å². The molecule has 4 nitrogen and oxygen atoms in total. The number of fused-ring (bicyclic) bond motifs is 1. The Bertz CT molecular complexity index is 657. The molecule has 1 aliphatic rings. The lowest BCUT2D eigenvalue weighted by Gasteiger charge is -2.13. The Morgan fingerprint density at radius 2 is 2.05 bits per heavy atom. The summed E-state index contributed by atoms with van der Waals surface area (Å²) >= 11 is 0. The summed E-state index contributed by atoms with van der Waals surface area (Å²) in [5.41, 5.74) is 2.54. The summed E-state index contributed by atoms with van der Waals surface area (Å²) in [5.74, 6) is 0.350. The number of alkyl halides is 3. The third kappa shape index (κ3) is 3.52. The van der Waals surface area contributed by atoms with Crippen molar-refractivity contribution in [2.24, 2.45) is 0 Å². The molecular formula is C15H15F3N4. The standard InChI is InChI=1S/C15H15F3N4/c16-15(17,18)7-5-11-6-9-20-14(21-11)22-12-4-3-10-2-1-8-19-13(10)12/h1-2,6,8-9,12H,3-5,7H2,(H,20,21,22). The largest absolute Gasteiger partial charge is 0.389 e. The third-order valence-corrected chi connectivity index (χ3v) is 3.64. The lowest BCUT2D eigenvalue weighted by atomic mass is 10.2. The molecule has 0 saturated carbocycles. The van der Waals surface area contributed by atoms with Crippen molar-refractivity contribution in [1.82, 2.24) is 15.0 Å². The molecule has 0 bridgehead atoms. The average molecular weight is 308 g/mol. The van der Waals surface area contributed by atoms with Gasteiger partial charge >= 0.3 is 6.18 Å². The molecule has 3 rings (SSSR count). The number of rotatable bonds is 4. The van der Waals surface area contributed by atoms with Gasteiger partial charge < -0.3 is 5.32 Å². The fourth-order valence-electron chi connectivity index (χ4n) is 2.58. The first-order valence-electron chi connectivity index (χ1n) is 7.10. The van der Waals surface area contributed by atoms with Crippen molar-refractivity contribution >= 4 is 5.95 Å². The summed E-state index contributed by atoms with van der Waals surface area (Å²) in [6, 6.07) is 5.45. The van der Waals surface area contributed by atoms with Crippen molar-refractivity contribution in [2.75, 3.05) is 5.32 Å². The van der Waals surface area contributed by atoms with Gasteiger partial charge in [-0.1, -0.05) is 6.07 Å². The van der Waals surface area contributed by atoms with E-state index in [0.29, 0.717) is 11.6 Å². The molecule has 2 aromatic rings. The molecular weight excluding hydrogens is 293 g/mol. The van der Waals surface area contributed by atoms with Crippen molar-refractivity contribution in [1.29, 1.82) is 0 Å². The molecule has 0 radical (unpaired) electrons. The Hall–Kier alpha value is -2.18. The molecule has 0 fully saturated rings. The van der Waals surface area contributed by atoms with Gasteiger partial charge in [0.15, 0.2) is 0 Å². The van der Waals surface area contributed by atoms with Crippen LogP contribution in [-0.4, -0.2) is 21.1 Å². The van der Waals surface area contributed by atoms with Gasteiger partial charge in [0.1, 0.15) is 0 Å². The SMILES string of the molecule is FC(F)(F)CCc1ccnc(NC2CCc3cccnc32)n1. The summed E-state index contributed by atoms with van der Waals surface area (Å²) in [6.07, 6.45) is -0.170. The van der Waals surface area contributed by atoms with Crippen LogP contribution in [0, 0.1) is 0 Å². The van der Waals surface area contributed by atoms with Crippen LogP contribution in [0.4, 0.5) is 19.1 Å². The summed E-state index contributed by atoms with van der Waals surface area (Å²) in [6.45, 7) is 0. The first kappa shape index (κ1) is 14.7. The Balaban J connectivity index is 1.69. The predicted molar refractivity (Wildman–Crippen MR) is 75.3 cm³/mol. The van der Waals surface area contributed by atoms with Crippen LogP contribution < -0.4 is 5.32 Å². The minimum Gasteiger partial charge on any atom is -0.346 e. The van der Waals surface area contributed by atoms with E-state index in [1.165, 1.54) is 17.8 Å². The van der Waals surface area contributed by atoms with E-state index in [-0.39, 0.29) is 12.5 Å². The minimum absolute atomic E-state index is 0.00839. The van der Waals surface area contributed by atoms with Crippen LogP contribution in [0.3, 0.4) is 0 Å². The minimum atomic E-state index is -4.17. The zero-order valence-electron chi connectivity index (χ0n) is 11.8. The Morgan fingerprint density at radius 3 is 2.86 bits per heavy atom. The molecule has 0 saturated heterocycles. The normalized spacial score (nSPS) is 17.3. The number of aryl methyl sites for hydroxylation is 2. The fourth-order valence-corrected chi connectivity index (χ4v) is 2.58. The fraction of sp³-hybridized carbons (Fsp3) is 0.400. The van der Waals surface area contributed by atoms with Crippen LogP contribution in [-0.2, 0) is 12.8 Å². The highest BCUT2D eigenvalue weighted by Gasteiger charge is 2.27. The van der Waals surface area contributed by atoms with Crippen molar-refractivity contribution in [3.63, 3.8) is 0 Å². The zero-order valence-corrected chi connectivity index (χ0v) is 11.8. The number of aromatic nitrogens is 3. The Morgan fingerprint density at radius 1 is 1.18 bits per heavy atom. The maximum absolute atomic E-state index is 12.3. The van der Waals surface area contributed by atoms with Crippen LogP contribution in [0.1, 0.15) is 35.8 Å². The maximum Gasteiger partial charge on any atom is 0.389 e. The molecule has 2 heterocycles. The van der Waals surface area contributed by atoms with Crippen LogP contribution in [0.2, 0.25) is 0 Å². The van der Waals surface area contributed by atoms with E-state index in [1.807, 2.05) is 12.1 Å². The summed E-state index contributed by atoms with van der Waals surface area (Å²) in [4.78, 5) is 12.6. The zero-order chi connectivity index (χ0) is 15.6. The van der Waals surface area contributed by atoms with Gasteiger partial charge in [0.2, 0.25) is 5.95 Å². The van der Waals surface area contributed by atoms with E-state index in [4.69, 9.17) is 0 Å². The second-order valence-electron chi connectivity index (χ2n) is 5.27. The molecule has 0 aliphatic heterocycles. The van der Waals surface area contributed by atoms with E-state index in [0.717, 1.165) is 18.5 Å². The van der Waals surface area contributed by atoms with Gasteiger partial charge in [0, 0.05) is 24.5 Å². The Kier molecular flexibility index (Phi) is 3.96. The highest BCUT2D eigenvalue weighted by atomic mass is 19.4. The quantitative estimate of drug-likeness (QED) is 0.939. The second-order valence-corrected chi connectivity index (χ2v) is 5.27. The van der Waals surface area contributed by atoms with E-state index in [1.54, 1.807) is 6.20 Å². The molecule has 2 aromatic heterocycles. The highest BCUT2D eigenvalue weighted by Crippen LogP contribution is 2.31. The van der Waals surface area contributed by atoms with Gasteiger partial charge in [-0.3, -0.25) is 4.98 Å². The number of hydrogen-bond acceptors (Lipinski definition) is 4. The van der Waals surface area contributed by atoms with Crippen molar-refractivity contribution < 1.29 is 13.2 Å². The predicted octanol–water partition coefficient (Wildman–Crippen LogP) is 3.47. The second kappa shape index (κ2) is 5.90. The van der Waals surface area contributed by atoms with Gasteiger partial charge in [-0.25, -0.2) is 9.97 Å². The number of halogens is 3. The van der Waals surface area contributed by atoms with Crippen molar-refractivity contribution in [3.8, 4) is 0 Å². The van der Waals surface area contributed by atoms with E-state index < -0.39 is 12.6 Å². The number of nitrogens with one attached hydrogen (secondary N) is 1. The summed E-state index contributed by atoms with van der Waals surface area (Å²) < 4.78 is 36.8. The summed E-state index contributed by atoms with van der Waals surface area (Å²) in [5, 5.41) is 3.17. The highest BCUT2D eigenvalue weighted by molar-refractivity contribution is 5.36. The number of anilines is 1. The molecule has 116 valence electrons. The van der Waals surface area contributed by atoms with E-state index >= 15 is 0 Å². The maximum atomic E-state index is 12.3.